The highest BCUT2D eigenvalue weighted by Crippen LogP contribution is 2.13. The van der Waals surface area contributed by atoms with Crippen LogP contribution in [0.5, 0.6) is 0 Å². The summed E-state index contributed by atoms with van der Waals surface area (Å²) in [6, 6.07) is 5.70. The minimum Gasteiger partial charge on any atom is -0.439 e. The van der Waals surface area contributed by atoms with Crippen LogP contribution < -0.4 is 0 Å². The van der Waals surface area contributed by atoms with Gasteiger partial charge in [0.1, 0.15) is 0 Å². The van der Waals surface area contributed by atoms with E-state index in [0.29, 0.717) is 5.56 Å². The first-order chi connectivity index (χ1) is 8.02. The Morgan fingerprint density at radius 3 is 2.59 bits per heavy atom. The Kier molecular flexibility index (Phi) is 4.90. The first kappa shape index (κ1) is 13.4. The second kappa shape index (κ2) is 6.20. The van der Waals surface area contributed by atoms with Gasteiger partial charge < -0.3 is 4.74 Å². The first-order valence-corrected chi connectivity index (χ1v) is 5.80. The second-order valence-electron chi connectivity index (χ2n) is 3.07. The van der Waals surface area contributed by atoms with Gasteiger partial charge in [-0.25, -0.2) is 0 Å². The van der Waals surface area contributed by atoms with Crippen LogP contribution in [0.2, 0.25) is 0 Å². The number of esters is 1. The molecule has 1 aromatic rings. The number of nitro groups is 1. The number of hydrogen-bond acceptors (Lipinski definition) is 4. The Labute approximate surface area is 111 Å². The molecule has 0 spiro atoms. The summed E-state index contributed by atoms with van der Waals surface area (Å²) < 4.78 is 4.26. The number of carbonyl (C=O) groups excluding carboxylic acids is 1. The zero-order chi connectivity index (χ0) is 12.8. The quantitative estimate of drug-likeness (QED) is 0.209. The molecule has 0 aliphatic heterocycles. The van der Waals surface area contributed by atoms with Crippen molar-refractivity contribution in [3.63, 3.8) is 0 Å². The Hall–Kier alpha value is -1.62. The van der Waals surface area contributed by atoms with Crippen LogP contribution in [0.25, 0.3) is 0 Å². The summed E-state index contributed by atoms with van der Waals surface area (Å²) in [7, 11) is 0. The topological polar surface area (TPSA) is 69.4 Å². The molecule has 0 saturated carbocycles. The molecule has 6 heteroatoms. The lowest BCUT2D eigenvalue weighted by Gasteiger charge is -2.05. The highest BCUT2D eigenvalue weighted by Gasteiger charge is 2.10. The van der Waals surface area contributed by atoms with E-state index in [9.17, 15) is 14.9 Å². The molecular formula is C11H8INO4. The van der Waals surface area contributed by atoms with Crippen molar-refractivity contribution in [3.05, 3.63) is 39.9 Å². The van der Waals surface area contributed by atoms with Gasteiger partial charge in [0.05, 0.1) is 11.3 Å². The molecule has 0 aliphatic rings. The summed E-state index contributed by atoms with van der Waals surface area (Å²) >= 11 is 1.81. The standard InChI is InChI=1S/C11H8INO4/c1-2-10(12)17-11(14)7-8-3-5-9(6-4-8)13(15)16/h1,3-6,10H,7H2. The van der Waals surface area contributed by atoms with E-state index in [1.165, 1.54) is 24.3 Å². The van der Waals surface area contributed by atoms with Crippen LogP contribution in [0.15, 0.2) is 24.3 Å². The van der Waals surface area contributed by atoms with Crippen LogP contribution in [0.1, 0.15) is 5.56 Å². The van der Waals surface area contributed by atoms with Gasteiger partial charge in [0.15, 0.2) is 0 Å². The SMILES string of the molecule is C#CC(I)OC(=O)Cc1ccc([N+](=O)[O-])cc1. The van der Waals surface area contributed by atoms with Crippen molar-refractivity contribution >= 4 is 34.2 Å². The van der Waals surface area contributed by atoms with Crippen molar-refractivity contribution in [2.24, 2.45) is 0 Å². The molecule has 0 aromatic heterocycles. The maximum Gasteiger partial charge on any atom is 0.312 e. The van der Waals surface area contributed by atoms with Gasteiger partial charge in [0, 0.05) is 12.1 Å². The summed E-state index contributed by atoms with van der Waals surface area (Å²) in [5, 5.41) is 10.4. The molecule has 0 bridgehead atoms. The lowest BCUT2D eigenvalue weighted by atomic mass is 10.1. The molecule has 17 heavy (non-hydrogen) atoms. The van der Waals surface area contributed by atoms with Crippen LogP contribution in [-0.4, -0.2) is 15.0 Å². The molecule has 0 radical (unpaired) electrons. The summed E-state index contributed by atoms with van der Waals surface area (Å²) in [4.78, 5) is 21.3. The molecule has 0 aliphatic carbocycles. The third-order valence-corrected chi connectivity index (χ3v) is 2.48. The molecule has 5 nitrogen and oxygen atoms in total. The number of ether oxygens (including phenoxy) is 1. The highest BCUT2D eigenvalue weighted by molar-refractivity contribution is 14.1. The Bertz CT molecular complexity index is 463. The first-order valence-electron chi connectivity index (χ1n) is 4.56. The summed E-state index contributed by atoms with van der Waals surface area (Å²) in [5.74, 6) is 1.80. The van der Waals surface area contributed by atoms with Crippen molar-refractivity contribution in [1.29, 1.82) is 0 Å². The van der Waals surface area contributed by atoms with Crippen LogP contribution in [-0.2, 0) is 16.0 Å². The molecule has 0 amide bonds. The van der Waals surface area contributed by atoms with Gasteiger partial charge in [0.2, 0.25) is 4.11 Å². The lowest BCUT2D eigenvalue weighted by Crippen LogP contribution is -2.12. The molecule has 1 unspecified atom stereocenters. The van der Waals surface area contributed by atoms with E-state index in [0.717, 1.165) is 0 Å². The number of nitrogens with zero attached hydrogens (tertiary/aromatic N) is 1. The lowest BCUT2D eigenvalue weighted by molar-refractivity contribution is -0.384. The van der Waals surface area contributed by atoms with Crippen molar-refractivity contribution in [1.82, 2.24) is 0 Å². The Morgan fingerprint density at radius 1 is 1.53 bits per heavy atom. The molecule has 1 aromatic carbocycles. The smallest absolute Gasteiger partial charge is 0.312 e. The number of terminal acetylenes is 1. The van der Waals surface area contributed by atoms with E-state index in [1.807, 2.05) is 22.6 Å². The van der Waals surface area contributed by atoms with E-state index < -0.39 is 15.0 Å². The molecule has 0 fully saturated rings. The average molecular weight is 345 g/mol. The Morgan fingerprint density at radius 2 is 2.12 bits per heavy atom. The van der Waals surface area contributed by atoms with E-state index in [4.69, 9.17) is 11.2 Å². The second-order valence-corrected chi connectivity index (χ2v) is 4.20. The number of rotatable bonds is 4. The van der Waals surface area contributed by atoms with Gasteiger partial charge >= 0.3 is 5.97 Å². The molecule has 1 rings (SSSR count). The summed E-state index contributed by atoms with van der Waals surface area (Å²) in [6.07, 6.45) is 5.10. The average Bonchev–Trinajstić information content (AvgIpc) is 2.29. The fraction of sp³-hybridized carbons (Fsp3) is 0.182. The molecule has 88 valence electrons. The normalized spacial score (nSPS) is 11.3. The Balaban J connectivity index is 2.61. The van der Waals surface area contributed by atoms with Crippen LogP contribution in [0, 0.1) is 22.5 Å². The predicted molar refractivity (Wildman–Crippen MR) is 69.5 cm³/mol. The number of carbonyl (C=O) groups is 1. The number of non-ortho nitro benzene ring substituents is 1. The van der Waals surface area contributed by atoms with Crippen molar-refractivity contribution in [2.75, 3.05) is 0 Å². The molecule has 0 saturated heterocycles. The van der Waals surface area contributed by atoms with E-state index in [2.05, 4.69) is 5.92 Å². The third-order valence-electron chi connectivity index (χ3n) is 1.86. The number of nitro benzene ring substituents is 1. The van der Waals surface area contributed by atoms with Crippen molar-refractivity contribution < 1.29 is 14.5 Å². The van der Waals surface area contributed by atoms with Crippen LogP contribution in [0.4, 0.5) is 5.69 Å². The zero-order valence-electron chi connectivity index (χ0n) is 8.63. The van der Waals surface area contributed by atoms with Crippen LogP contribution >= 0.6 is 22.6 Å². The van der Waals surface area contributed by atoms with E-state index >= 15 is 0 Å². The molecule has 1 atom stereocenters. The molecular weight excluding hydrogens is 337 g/mol. The minimum absolute atomic E-state index is 0.0162. The number of benzene rings is 1. The predicted octanol–water partition coefficient (Wildman–Crippen LogP) is 2.07. The van der Waals surface area contributed by atoms with Crippen LogP contribution in [0.3, 0.4) is 0 Å². The summed E-state index contributed by atoms with van der Waals surface area (Å²) in [6.45, 7) is 0. The zero-order valence-corrected chi connectivity index (χ0v) is 10.8. The largest absolute Gasteiger partial charge is 0.439 e. The fourth-order valence-corrected chi connectivity index (χ4v) is 1.38. The summed E-state index contributed by atoms with van der Waals surface area (Å²) in [5.41, 5.74) is 0.624. The van der Waals surface area contributed by atoms with Gasteiger partial charge in [-0.05, 0) is 28.2 Å². The van der Waals surface area contributed by atoms with Gasteiger partial charge in [-0.3, -0.25) is 14.9 Å². The minimum atomic E-state index is -0.599. The van der Waals surface area contributed by atoms with Crippen molar-refractivity contribution in [2.45, 2.75) is 10.5 Å². The number of alkyl halides is 1. The number of hydrogen-bond donors (Lipinski definition) is 0. The van der Waals surface area contributed by atoms with E-state index in [-0.39, 0.29) is 12.1 Å². The molecule has 0 N–H and O–H groups in total. The van der Waals surface area contributed by atoms with Gasteiger partial charge in [-0.2, -0.15) is 0 Å². The van der Waals surface area contributed by atoms with Gasteiger partial charge in [-0.15, -0.1) is 6.42 Å². The van der Waals surface area contributed by atoms with Gasteiger partial charge in [0.25, 0.3) is 5.69 Å². The van der Waals surface area contributed by atoms with Gasteiger partial charge in [-0.1, -0.05) is 18.1 Å². The van der Waals surface area contributed by atoms with Crippen molar-refractivity contribution in [3.8, 4) is 12.3 Å². The monoisotopic (exact) mass is 345 g/mol. The highest BCUT2D eigenvalue weighted by atomic mass is 127. The fourth-order valence-electron chi connectivity index (χ4n) is 1.09. The maximum absolute atomic E-state index is 11.3. The van der Waals surface area contributed by atoms with E-state index in [1.54, 1.807) is 0 Å². The maximum atomic E-state index is 11.3. The third kappa shape index (κ3) is 4.40. The number of halogens is 1. The molecule has 0 heterocycles.